The lowest BCUT2D eigenvalue weighted by molar-refractivity contribution is -0.138. The molecular weight excluding hydrogens is 345 g/mol. The molecule has 1 unspecified atom stereocenters. The number of hydrogen-bond donors (Lipinski definition) is 1. The van der Waals surface area contributed by atoms with Crippen molar-refractivity contribution in [3.8, 4) is 0 Å². The van der Waals surface area contributed by atoms with E-state index >= 15 is 0 Å². The number of halogens is 2. The summed E-state index contributed by atoms with van der Waals surface area (Å²) in [6, 6.07) is 4.12. The quantitative estimate of drug-likeness (QED) is 0.872. The summed E-state index contributed by atoms with van der Waals surface area (Å²) in [7, 11) is 0. The fraction of sp³-hybridized carbons (Fsp3) is 0.643. The first kappa shape index (κ1) is 19.7. The van der Waals surface area contributed by atoms with Gasteiger partial charge in [0.2, 0.25) is 5.91 Å². The molecule has 3 heterocycles. The Kier molecular flexibility index (Phi) is 8.67. The van der Waals surface area contributed by atoms with Crippen LogP contribution in [0.3, 0.4) is 0 Å². The molecule has 2 aliphatic rings. The third kappa shape index (κ3) is 5.08. The van der Waals surface area contributed by atoms with Gasteiger partial charge in [0.1, 0.15) is 6.04 Å². The average molecular weight is 368 g/mol. The lowest BCUT2D eigenvalue weighted by Gasteiger charge is -2.37. The van der Waals surface area contributed by atoms with Gasteiger partial charge in [-0.1, -0.05) is 6.07 Å². The largest absolute Gasteiger partial charge is 0.378 e. The molecule has 0 spiro atoms. The molecule has 2 fully saturated rings. The lowest BCUT2D eigenvalue weighted by Crippen LogP contribution is -2.56. The first-order valence-corrected chi connectivity index (χ1v) is 8.05. The molecule has 2 aliphatic heterocycles. The Hall–Kier alpha value is -0.370. The Balaban J connectivity index is 0.00000121. The zero-order valence-electron chi connectivity index (χ0n) is 12.4. The van der Waals surface area contributed by atoms with Gasteiger partial charge < -0.3 is 15.0 Å². The Labute approximate surface area is 147 Å². The number of thiophene rings is 1. The summed E-state index contributed by atoms with van der Waals surface area (Å²) in [5, 5.41) is 5.35. The van der Waals surface area contributed by atoms with E-state index in [4.69, 9.17) is 4.74 Å². The fourth-order valence-corrected chi connectivity index (χ4v) is 3.44. The van der Waals surface area contributed by atoms with Crippen molar-refractivity contribution in [1.82, 2.24) is 15.1 Å². The number of amides is 1. The van der Waals surface area contributed by atoms with Crippen molar-refractivity contribution in [1.29, 1.82) is 0 Å². The molecule has 8 heteroatoms. The third-order valence-electron chi connectivity index (χ3n) is 3.86. The van der Waals surface area contributed by atoms with Gasteiger partial charge in [0.05, 0.1) is 13.2 Å². The van der Waals surface area contributed by atoms with E-state index in [1.807, 2.05) is 4.90 Å². The second-order valence-electron chi connectivity index (χ2n) is 5.26. The number of piperazine rings is 1. The van der Waals surface area contributed by atoms with Gasteiger partial charge in [0, 0.05) is 44.1 Å². The standard InChI is InChI=1S/C14H21N3O2S.2ClH/c18-14(13-11-19-8-3-15-13)17-6-4-16(5-7-17)10-12-2-1-9-20-12;;/h1-2,9,13,15H,3-8,10-11H2;2*1H. The van der Waals surface area contributed by atoms with Crippen LogP contribution in [0.5, 0.6) is 0 Å². The number of carbonyl (C=O) groups is 1. The monoisotopic (exact) mass is 367 g/mol. The van der Waals surface area contributed by atoms with E-state index in [0.29, 0.717) is 13.2 Å². The predicted octanol–water partition coefficient (Wildman–Crippen LogP) is 1.22. The first-order chi connectivity index (χ1) is 9.83. The van der Waals surface area contributed by atoms with Crippen molar-refractivity contribution in [2.75, 3.05) is 45.9 Å². The minimum absolute atomic E-state index is 0. The van der Waals surface area contributed by atoms with Crippen LogP contribution in [0.4, 0.5) is 0 Å². The summed E-state index contributed by atoms with van der Waals surface area (Å²) < 4.78 is 5.37. The van der Waals surface area contributed by atoms with Crippen molar-refractivity contribution < 1.29 is 9.53 Å². The number of morpholine rings is 1. The zero-order valence-corrected chi connectivity index (χ0v) is 14.9. The first-order valence-electron chi connectivity index (χ1n) is 7.17. The van der Waals surface area contributed by atoms with Crippen LogP contribution in [0.1, 0.15) is 4.88 Å². The summed E-state index contributed by atoms with van der Waals surface area (Å²) in [5.41, 5.74) is 0. The third-order valence-corrected chi connectivity index (χ3v) is 4.72. The number of nitrogens with zero attached hydrogens (tertiary/aromatic N) is 2. The maximum Gasteiger partial charge on any atom is 0.242 e. The second-order valence-corrected chi connectivity index (χ2v) is 6.29. The molecule has 1 amide bonds. The van der Waals surface area contributed by atoms with Crippen molar-refractivity contribution in [3.05, 3.63) is 22.4 Å². The highest BCUT2D eigenvalue weighted by Crippen LogP contribution is 2.14. The average Bonchev–Trinajstić information content (AvgIpc) is 3.01. The highest BCUT2D eigenvalue weighted by molar-refractivity contribution is 7.09. The summed E-state index contributed by atoms with van der Waals surface area (Å²) in [6.07, 6.45) is 0. The fourth-order valence-electron chi connectivity index (χ4n) is 2.69. The molecular formula is C14H23Cl2N3O2S. The minimum atomic E-state index is -0.146. The molecule has 1 N–H and O–H groups in total. The topological polar surface area (TPSA) is 44.8 Å². The molecule has 126 valence electrons. The number of hydrogen-bond acceptors (Lipinski definition) is 5. The van der Waals surface area contributed by atoms with Gasteiger partial charge >= 0.3 is 0 Å². The molecule has 0 saturated carbocycles. The second kappa shape index (κ2) is 9.70. The van der Waals surface area contributed by atoms with Crippen LogP contribution >= 0.6 is 36.2 Å². The molecule has 0 bridgehead atoms. The highest BCUT2D eigenvalue weighted by Gasteiger charge is 2.28. The van der Waals surface area contributed by atoms with E-state index < -0.39 is 0 Å². The lowest BCUT2D eigenvalue weighted by atomic mass is 10.2. The summed E-state index contributed by atoms with van der Waals surface area (Å²) in [6.45, 7) is 6.55. The molecule has 1 aromatic rings. The van der Waals surface area contributed by atoms with Gasteiger partial charge in [0.15, 0.2) is 0 Å². The van der Waals surface area contributed by atoms with E-state index in [1.54, 1.807) is 11.3 Å². The van der Waals surface area contributed by atoms with Crippen LogP contribution in [0.25, 0.3) is 0 Å². The van der Waals surface area contributed by atoms with Crippen LogP contribution in [0, 0.1) is 0 Å². The normalized spacial score (nSPS) is 22.5. The summed E-state index contributed by atoms with van der Waals surface area (Å²) in [5.74, 6) is 0.195. The van der Waals surface area contributed by atoms with Gasteiger partial charge in [0.25, 0.3) is 0 Å². The number of rotatable bonds is 3. The predicted molar refractivity (Wildman–Crippen MR) is 93.3 cm³/mol. The molecule has 1 atom stereocenters. The minimum Gasteiger partial charge on any atom is -0.378 e. The summed E-state index contributed by atoms with van der Waals surface area (Å²) >= 11 is 1.80. The smallest absolute Gasteiger partial charge is 0.242 e. The van der Waals surface area contributed by atoms with Crippen molar-refractivity contribution in [3.63, 3.8) is 0 Å². The van der Waals surface area contributed by atoms with E-state index in [2.05, 4.69) is 27.7 Å². The van der Waals surface area contributed by atoms with Crippen LogP contribution in [0.2, 0.25) is 0 Å². The number of carbonyl (C=O) groups excluding carboxylic acids is 1. The van der Waals surface area contributed by atoms with Crippen molar-refractivity contribution >= 4 is 42.1 Å². The highest BCUT2D eigenvalue weighted by atomic mass is 35.5. The van der Waals surface area contributed by atoms with E-state index in [1.165, 1.54) is 4.88 Å². The SMILES string of the molecule is Cl.Cl.O=C(C1COCCN1)N1CCN(Cc2cccs2)CC1. The number of nitrogens with one attached hydrogen (secondary N) is 1. The van der Waals surface area contributed by atoms with Gasteiger partial charge in [-0.15, -0.1) is 36.2 Å². The van der Waals surface area contributed by atoms with Gasteiger partial charge in [-0.25, -0.2) is 0 Å². The Morgan fingerprint density at radius 3 is 2.68 bits per heavy atom. The van der Waals surface area contributed by atoms with Gasteiger partial charge in [-0.05, 0) is 11.4 Å². The van der Waals surface area contributed by atoms with Crippen LogP contribution in [0.15, 0.2) is 17.5 Å². The van der Waals surface area contributed by atoms with Crippen LogP contribution in [-0.4, -0.2) is 67.7 Å². The molecule has 1 aromatic heterocycles. The summed E-state index contributed by atoms with van der Waals surface area (Å²) in [4.78, 5) is 18.1. The van der Waals surface area contributed by atoms with Crippen LogP contribution in [-0.2, 0) is 16.1 Å². The molecule has 0 aliphatic carbocycles. The maximum absolute atomic E-state index is 12.3. The van der Waals surface area contributed by atoms with Crippen LogP contribution < -0.4 is 5.32 Å². The zero-order chi connectivity index (χ0) is 13.8. The molecule has 3 rings (SSSR count). The molecule has 5 nitrogen and oxygen atoms in total. The van der Waals surface area contributed by atoms with E-state index in [-0.39, 0.29) is 36.8 Å². The Morgan fingerprint density at radius 2 is 2.09 bits per heavy atom. The molecule has 0 radical (unpaired) electrons. The van der Waals surface area contributed by atoms with E-state index in [9.17, 15) is 4.79 Å². The van der Waals surface area contributed by atoms with Gasteiger partial charge in [-0.3, -0.25) is 9.69 Å². The molecule has 0 aromatic carbocycles. The Morgan fingerprint density at radius 1 is 1.32 bits per heavy atom. The maximum atomic E-state index is 12.3. The molecule has 22 heavy (non-hydrogen) atoms. The van der Waals surface area contributed by atoms with Crippen molar-refractivity contribution in [2.45, 2.75) is 12.6 Å². The molecule has 2 saturated heterocycles. The van der Waals surface area contributed by atoms with Gasteiger partial charge in [-0.2, -0.15) is 0 Å². The van der Waals surface area contributed by atoms with E-state index in [0.717, 1.165) is 39.3 Å². The number of ether oxygens (including phenoxy) is 1. The van der Waals surface area contributed by atoms with Crippen molar-refractivity contribution in [2.24, 2.45) is 0 Å². The Bertz CT molecular complexity index is 433.